The van der Waals surface area contributed by atoms with Gasteiger partial charge in [-0.2, -0.15) is 0 Å². The predicted octanol–water partition coefficient (Wildman–Crippen LogP) is 0.916. The molecule has 120 valence electrons. The van der Waals surface area contributed by atoms with Crippen molar-refractivity contribution in [3.63, 3.8) is 0 Å². The summed E-state index contributed by atoms with van der Waals surface area (Å²) < 4.78 is 0. The fraction of sp³-hybridized carbons (Fsp3) is 0.588. The van der Waals surface area contributed by atoms with Crippen molar-refractivity contribution < 1.29 is 4.79 Å². The van der Waals surface area contributed by atoms with E-state index in [1.165, 1.54) is 11.3 Å². The molecular weight excluding hydrogens is 276 g/mol. The number of anilines is 1. The highest BCUT2D eigenvalue weighted by Crippen LogP contribution is 2.38. The smallest absolute Gasteiger partial charge is 0.241 e. The molecule has 1 aromatic rings. The Bertz CT molecular complexity index is 547. The molecule has 1 aromatic carbocycles. The highest BCUT2D eigenvalue weighted by molar-refractivity contribution is 5.83. The van der Waals surface area contributed by atoms with Gasteiger partial charge in [0.25, 0.3) is 0 Å². The Hall–Kier alpha value is -1.59. The highest BCUT2D eigenvalue weighted by atomic mass is 16.2. The third-order valence-electron chi connectivity index (χ3n) is 5.06. The summed E-state index contributed by atoms with van der Waals surface area (Å²) >= 11 is 0. The van der Waals surface area contributed by atoms with Crippen LogP contribution in [0.4, 0.5) is 5.69 Å². The first-order valence-electron chi connectivity index (χ1n) is 8.08. The van der Waals surface area contributed by atoms with Gasteiger partial charge in [-0.25, -0.2) is 0 Å². The van der Waals surface area contributed by atoms with Crippen molar-refractivity contribution in [3.05, 3.63) is 29.8 Å². The van der Waals surface area contributed by atoms with Crippen LogP contribution in [0.15, 0.2) is 24.3 Å². The maximum atomic E-state index is 12.0. The Morgan fingerprint density at radius 3 is 2.68 bits per heavy atom. The van der Waals surface area contributed by atoms with Crippen molar-refractivity contribution in [3.8, 4) is 0 Å². The Morgan fingerprint density at radius 2 is 2.00 bits per heavy atom. The van der Waals surface area contributed by atoms with Crippen LogP contribution in [0, 0.1) is 5.92 Å². The quantitative estimate of drug-likeness (QED) is 0.902. The zero-order valence-corrected chi connectivity index (χ0v) is 13.5. The predicted molar refractivity (Wildman–Crippen MR) is 88.8 cm³/mol. The molecule has 1 amide bonds. The summed E-state index contributed by atoms with van der Waals surface area (Å²) in [5.41, 5.74) is 8.40. The molecule has 2 unspecified atom stereocenters. The molecule has 22 heavy (non-hydrogen) atoms. The van der Waals surface area contributed by atoms with Crippen LogP contribution < -0.4 is 10.6 Å². The van der Waals surface area contributed by atoms with E-state index in [2.05, 4.69) is 41.1 Å². The van der Waals surface area contributed by atoms with E-state index in [1.54, 1.807) is 0 Å². The number of likely N-dealkylation sites (N-methyl/N-ethyl adjacent to an activating group) is 1. The number of carbonyl (C=O) groups is 1. The molecule has 0 aliphatic carbocycles. The van der Waals surface area contributed by atoms with E-state index in [4.69, 9.17) is 5.73 Å². The molecule has 2 fully saturated rings. The van der Waals surface area contributed by atoms with E-state index in [0.717, 1.165) is 32.6 Å². The lowest BCUT2D eigenvalue weighted by Crippen LogP contribution is -2.49. The Balaban J connectivity index is 1.86. The van der Waals surface area contributed by atoms with Crippen molar-refractivity contribution in [2.45, 2.75) is 12.5 Å². The number of nitrogens with zero attached hydrogens (tertiary/aromatic N) is 3. The molecule has 0 saturated carbocycles. The third-order valence-corrected chi connectivity index (χ3v) is 5.06. The average Bonchev–Trinajstić information content (AvgIpc) is 2.91. The van der Waals surface area contributed by atoms with Gasteiger partial charge in [-0.05, 0) is 37.6 Å². The summed E-state index contributed by atoms with van der Waals surface area (Å²) in [6.07, 6.45) is 1.10. The standard InChI is InChI=1S/C17H26N4O/c1-19-7-8-21(12-17(19)22)15-6-4-3-5-14(15)16-9-13(10-18)11-20(16)2/h3-6,13,16H,7-12,18H2,1-2H3. The lowest BCUT2D eigenvalue weighted by atomic mass is 9.97. The second-order valence-electron chi connectivity index (χ2n) is 6.59. The zero-order valence-electron chi connectivity index (χ0n) is 13.5. The Kier molecular flexibility index (Phi) is 4.36. The van der Waals surface area contributed by atoms with Crippen molar-refractivity contribution in [1.82, 2.24) is 9.80 Å². The van der Waals surface area contributed by atoms with Gasteiger partial charge in [-0.3, -0.25) is 9.69 Å². The Morgan fingerprint density at radius 1 is 1.23 bits per heavy atom. The number of carbonyl (C=O) groups excluding carboxylic acids is 1. The minimum atomic E-state index is 0.195. The average molecular weight is 302 g/mol. The molecular formula is C17H26N4O. The normalized spacial score (nSPS) is 26.8. The van der Waals surface area contributed by atoms with E-state index in [0.29, 0.717) is 18.5 Å². The van der Waals surface area contributed by atoms with Gasteiger partial charge in [0, 0.05) is 38.4 Å². The molecule has 3 rings (SSSR count). The summed E-state index contributed by atoms with van der Waals surface area (Å²) in [5.74, 6) is 0.762. The van der Waals surface area contributed by atoms with Crippen LogP contribution in [0.5, 0.6) is 0 Å². The summed E-state index contributed by atoms with van der Waals surface area (Å²) in [5, 5.41) is 0. The topological polar surface area (TPSA) is 52.8 Å². The zero-order chi connectivity index (χ0) is 15.7. The summed E-state index contributed by atoms with van der Waals surface area (Å²) in [6, 6.07) is 8.92. The number of hydrogen-bond donors (Lipinski definition) is 1. The largest absolute Gasteiger partial charge is 0.360 e. The lowest BCUT2D eigenvalue weighted by molar-refractivity contribution is -0.129. The van der Waals surface area contributed by atoms with Gasteiger partial charge in [0.2, 0.25) is 5.91 Å². The van der Waals surface area contributed by atoms with Gasteiger partial charge < -0.3 is 15.5 Å². The van der Waals surface area contributed by atoms with Crippen LogP contribution in [0.3, 0.4) is 0 Å². The maximum Gasteiger partial charge on any atom is 0.241 e. The fourth-order valence-corrected chi connectivity index (χ4v) is 3.66. The number of amides is 1. The second-order valence-corrected chi connectivity index (χ2v) is 6.59. The molecule has 5 nitrogen and oxygen atoms in total. The van der Waals surface area contributed by atoms with E-state index >= 15 is 0 Å². The van der Waals surface area contributed by atoms with Crippen molar-refractivity contribution in [2.24, 2.45) is 11.7 Å². The third kappa shape index (κ3) is 2.83. The van der Waals surface area contributed by atoms with Crippen molar-refractivity contribution in [1.29, 1.82) is 0 Å². The monoisotopic (exact) mass is 302 g/mol. The van der Waals surface area contributed by atoms with Crippen LogP contribution in [0.2, 0.25) is 0 Å². The van der Waals surface area contributed by atoms with Crippen LogP contribution >= 0.6 is 0 Å². The van der Waals surface area contributed by atoms with Gasteiger partial charge in [0.1, 0.15) is 0 Å². The molecule has 2 atom stereocenters. The van der Waals surface area contributed by atoms with Crippen LogP contribution in [-0.2, 0) is 4.79 Å². The molecule has 0 bridgehead atoms. The van der Waals surface area contributed by atoms with Crippen molar-refractivity contribution >= 4 is 11.6 Å². The van der Waals surface area contributed by atoms with Crippen LogP contribution in [0.1, 0.15) is 18.0 Å². The molecule has 2 aliphatic rings. The second kappa shape index (κ2) is 6.26. The van der Waals surface area contributed by atoms with Crippen molar-refractivity contribution in [2.75, 3.05) is 51.7 Å². The van der Waals surface area contributed by atoms with Gasteiger partial charge in [-0.1, -0.05) is 18.2 Å². The summed E-state index contributed by atoms with van der Waals surface area (Å²) in [4.78, 5) is 18.5. The molecule has 2 heterocycles. The molecule has 2 aliphatic heterocycles. The molecule has 2 saturated heterocycles. The summed E-state index contributed by atoms with van der Waals surface area (Å²) in [7, 11) is 4.05. The molecule has 2 N–H and O–H groups in total. The van der Waals surface area contributed by atoms with Crippen LogP contribution in [0.25, 0.3) is 0 Å². The van der Waals surface area contributed by atoms with Gasteiger partial charge in [0.05, 0.1) is 6.54 Å². The summed E-state index contributed by atoms with van der Waals surface area (Å²) in [6.45, 7) is 3.96. The van der Waals surface area contributed by atoms with E-state index in [-0.39, 0.29) is 5.91 Å². The van der Waals surface area contributed by atoms with Gasteiger partial charge in [-0.15, -0.1) is 0 Å². The lowest BCUT2D eigenvalue weighted by Gasteiger charge is -2.36. The number of likely N-dealkylation sites (tertiary alicyclic amines) is 1. The highest BCUT2D eigenvalue weighted by Gasteiger charge is 2.32. The first-order valence-corrected chi connectivity index (χ1v) is 8.08. The number of rotatable bonds is 3. The molecule has 5 heteroatoms. The number of piperazine rings is 1. The minimum Gasteiger partial charge on any atom is -0.360 e. The minimum absolute atomic E-state index is 0.195. The number of para-hydroxylation sites is 1. The number of nitrogens with two attached hydrogens (primary N) is 1. The SMILES string of the molecule is CN1CCN(c2ccccc2C2CC(CN)CN2C)CC1=O. The first kappa shape index (κ1) is 15.3. The van der Waals surface area contributed by atoms with E-state index in [9.17, 15) is 4.79 Å². The molecule has 0 aromatic heterocycles. The first-order chi connectivity index (χ1) is 10.6. The number of benzene rings is 1. The fourth-order valence-electron chi connectivity index (χ4n) is 3.66. The molecule has 0 radical (unpaired) electrons. The number of hydrogen-bond acceptors (Lipinski definition) is 4. The maximum absolute atomic E-state index is 12.0. The van der Waals surface area contributed by atoms with E-state index < -0.39 is 0 Å². The van der Waals surface area contributed by atoms with Gasteiger partial charge >= 0.3 is 0 Å². The Labute approximate surface area is 132 Å². The van der Waals surface area contributed by atoms with Crippen LogP contribution in [-0.4, -0.2) is 62.5 Å². The molecule has 0 spiro atoms. The van der Waals surface area contributed by atoms with Gasteiger partial charge in [0.15, 0.2) is 0 Å². The van der Waals surface area contributed by atoms with E-state index in [1.807, 2.05) is 11.9 Å².